The number of halogens is 1. The van der Waals surface area contributed by atoms with Crippen LogP contribution in [0.3, 0.4) is 0 Å². The average molecular weight is 434 g/mol. The van der Waals surface area contributed by atoms with Gasteiger partial charge in [0.1, 0.15) is 11.4 Å². The molecule has 0 amide bonds. The van der Waals surface area contributed by atoms with Crippen LogP contribution in [-0.2, 0) is 11.2 Å². The molecule has 1 aromatic heterocycles. The quantitative estimate of drug-likeness (QED) is 0.414. The van der Waals surface area contributed by atoms with Crippen LogP contribution in [0.5, 0.6) is 5.75 Å². The lowest BCUT2D eigenvalue weighted by Gasteiger charge is -2.19. The minimum absolute atomic E-state index is 0.185. The predicted molar refractivity (Wildman–Crippen MR) is 122 cm³/mol. The normalized spacial score (nSPS) is 10.8. The van der Waals surface area contributed by atoms with Crippen molar-refractivity contribution in [3.05, 3.63) is 105 Å². The fraction of sp³-hybridized carbons (Fsp3) is 0.120. The van der Waals surface area contributed by atoms with E-state index in [1.54, 1.807) is 29.9 Å². The zero-order valence-electron chi connectivity index (χ0n) is 17.1. The molecule has 4 aromatic rings. The summed E-state index contributed by atoms with van der Waals surface area (Å²) >= 11 is 6.25. The van der Waals surface area contributed by atoms with Crippen LogP contribution >= 0.6 is 11.6 Å². The van der Waals surface area contributed by atoms with E-state index < -0.39 is 5.97 Å². The maximum Gasteiger partial charge on any atom is 0.355 e. The van der Waals surface area contributed by atoms with Gasteiger partial charge in [-0.25, -0.2) is 4.79 Å². The van der Waals surface area contributed by atoms with Gasteiger partial charge < -0.3 is 14.0 Å². The number of esters is 1. The summed E-state index contributed by atoms with van der Waals surface area (Å²) in [6.45, 7) is 0. The van der Waals surface area contributed by atoms with Crippen LogP contribution in [0.1, 0.15) is 21.6 Å². The number of hydrogen-bond acceptors (Lipinski definition) is 4. The number of pyridine rings is 1. The molecule has 0 N–H and O–H groups in total. The van der Waals surface area contributed by atoms with Crippen molar-refractivity contribution in [2.75, 3.05) is 14.2 Å². The molecule has 0 unspecified atom stereocenters. The number of rotatable bonds is 5. The van der Waals surface area contributed by atoms with Gasteiger partial charge >= 0.3 is 5.97 Å². The second-order valence-corrected chi connectivity index (χ2v) is 7.44. The van der Waals surface area contributed by atoms with E-state index in [4.69, 9.17) is 21.1 Å². The summed E-state index contributed by atoms with van der Waals surface area (Å²) in [4.78, 5) is 26.5. The molecule has 156 valence electrons. The number of nitrogens with zero attached hydrogens (tertiary/aromatic N) is 1. The SMILES string of the molecule is COC(=O)c1c(Cc2ccc(OC)cc2)c(=O)c2ccc(Cl)cc2n1-c1ccccc1. The molecule has 0 atom stereocenters. The zero-order chi connectivity index (χ0) is 22.0. The lowest BCUT2D eigenvalue weighted by Crippen LogP contribution is -2.24. The van der Waals surface area contributed by atoms with Crippen LogP contribution in [0.2, 0.25) is 5.02 Å². The Hall–Kier alpha value is -3.57. The van der Waals surface area contributed by atoms with Gasteiger partial charge in [0.25, 0.3) is 0 Å². The van der Waals surface area contributed by atoms with Crippen molar-refractivity contribution in [2.45, 2.75) is 6.42 Å². The van der Waals surface area contributed by atoms with Crippen LogP contribution in [0.4, 0.5) is 0 Å². The summed E-state index contributed by atoms with van der Waals surface area (Å²) in [5.41, 5.74) is 2.46. The minimum Gasteiger partial charge on any atom is -0.497 e. The highest BCUT2D eigenvalue weighted by Crippen LogP contribution is 2.26. The molecule has 1 heterocycles. The molecule has 0 aliphatic rings. The van der Waals surface area contributed by atoms with Crippen molar-refractivity contribution in [1.82, 2.24) is 4.57 Å². The largest absolute Gasteiger partial charge is 0.497 e. The summed E-state index contributed by atoms with van der Waals surface area (Å²) in [7, 11) is 2.90. The van der Waals surface area contributed by atoms with Crippen molar-refractivity contribution >= 4 is 28.5 Å². The van der Waals surface area contributed by atoms with Crippen LogP contribution in [0.15, 0.2) is 77.6 Å². The third-order valence-electron chi connectivity index (χ3n) is 5.16. The standard InChI is InChI=1S/C25H20ClNO4/c1-30-19-11-8-16(9-12-19)14-21-23(25(29)31-2)27(18-6-4-3-5-7-18)22-15-17(26)10-13-20(22)24(21)28/h3-13,15H,14H2,1-2H3. The van der Waals surface area contributed by atoms with E-state index in [9.17, 15) is 9.59 Å². The molecule has 31 heavy (non-hydrogen) atoms. The Kier molecular flexibility index (Phi) is 5.78. The number of para-hydroxylation sites is 1. The van der Waals surface area contributed by atoms with Crippen molar-refractivity contribution < 1.29 is 14.3 Å². The van der Waals surface area contributed by atoms with E-state index in [-0.39, 0.29) is 17.5 Å². The van der Waals surface area contributed by atoms with Crippen LogP contribution in [0, 0.1) is 0 Å². The topological polar surface area (TPSA) is 57.5 Å². The first-order valence-corrected chi connectivity index (χ1v) is 10.0. The molecule has 0 bridgehead atoms. The fourth-order valence-corrected chi connectivity index (χ4v) is 3.84. The number of fused-ring (bicyclic) bond motifs is 1. The van der Waals surface area contributed by atoms with Gasteiger partial charge in [-0.15, -0.1) is 0 Å². The molecule has 6 heteroatoms. The van der Waals surface area contributed by atoms with Gasteiger partial charge in [-0.1, -0.05) is 41.9 Å². The minimum atomic E-state index is -0.591. The summed E-state index contributed by atoms with van der Waals surface area (Å²) < 4.78 is 12.1. The van der Waals surface area contributed by atoms with Gasteiger partial charge in [-0.05, 0) is 48.0 Å². The van der Waals surface area contributed by atoms with Crippen molar-refractivity contribution in [3.63, 3.8) is 0 Å². The van der Waals surface area contributed by atoms with Crippen LogP contribution in [-0.4, -0.2) is 24.8 Å². The van der Waals surface area contributed by atoms with Crippen LogP contribution in [0.25, 0.3) is 16.6 Å². The second-order valence-electron chi connectivity index (χ2n) is 7.01. The van der Waals surface area contributed by atoms with E-state index in [1.165, 1.54) is 7.11 Å². The van der Waals surface area contributed by atoms with Crippen molar-refractivity contribution in [2.24, 2.45) is 0 Å². The molecule has 3 aromatic carbocycles. The maximum absolute atomic E-state index is 13.5. The molecule has 0 saturated heterocycles. The van der Waals surface area contributed by atoms with Gasteiger partial charge in [0.15, 0.2) is 5.43 Å². The predicted octanol–water partition coefficient (Wildman–Crippen LogP) is 5.03. The fourth-order valence-electron chi connectivity index (χ4n) is 3.68. The molecule has 0 radical (unpaired) electrons. The Morgan fingerprint density at radius 1 is 0.968 bits per heavy atom. The van der Waals surface area contributed by atoms with E-state index in [0.717, 1.165) is 11.3 Å². The number of carbonyl (C=O) groups excluding carboxylic acids is 1. The highest BCUT2D eigenvalue weighted by Gasteiger charge is 2.24. The molecule has 0 aliphatic heterocycles. The summed E-state index contributed by atoms with van der Waals surface area (Å²) in [5.74, 6) is 0.123. The van der Waals surface area contributed by atoms with Gasteiger partial charge in [0.05, 0.1) is 19.7 Å². The second kappa shape index (κ2) is 8.66. The molecule has 0 saturated carbocycles. The number of hydrogen-bond donors (Lipinski definition) is 0. The summed E-state index contributed by atoms with van der Waals surface area (Å²) in [5, 5.41) is 0.944. The molecule has 0 spiro atoms. The molecule has 4 rings (SSSR count). The molecule has 0 fully saturated rings. The first-order chi connectivity index (χ1) is 15.0. The Morgan fingerprint density at radius 2 is 1.68 bits per heavy atom. The number of methoxy groups -OCH3 is 2. The smallest absolute Gasteiger partial charge is 0.355 e. The van der Waals surface area contributed by atoms with Gasteiger partial charge in [-0.3, -0.25) is 4.79 Å². The monoisotopic (exact) mass is 433 g/mol. The van der Waals surface area contributed by atoms with Gasteiger partial charge in [0, 0.05) is 28.1 Å². The Balaban J connectivity index is 2.07. The Bertz CT molecular complexity index is 1310. The summed E-state index contributed by atoms with van der Waals surface area (Å²) in [6.07, 6.45) is 0.263. The van der Waals surface area contributed by atoms with E-state index >= 15 is 0 Å². The number of aromatic nitrogens is 1. The number of ether oxygens (including phenoxy) is 2. The first-order valence-electron chi connectivity index (χ1n) is 9.67. The van der Waals surface area contributed by atoms with Crippen LogP contribution < -0.4 is 10.2 Å². The average Bonchev–Trinajstić information content (AvgIpc) is 2.81. The lowest BCUT2D eigenvalue weighted by atomic mass is 9.99. The third kappa shape index (κ3) is 3.92. The number of benzene rings is 3. The lowest BCUT2D eigenvalue weighted by molar-refractivity contribution is 0.0590. The number of carbonyl (C=O) groups is 1. The Labute approximate surface area is 184 Å². The molecule has 5 nitrogen and oxygen atoms in total. The highest BCUT2D eigenvalue weighted by atomic mass is 35.5. The Morgan fingerprint density at radius 3 is 2.32 bits per heavy atom. The van der Waals surface area contributed by atoms with E-state index in [2.05, 4.69) is 0 Å². The van der Waals surface area contributed by atoms with E-state index in [0.29, 0.717) is 27.2 Å². The zero-order valence-corrected chi connectivity index (χ0v) is 17.8. The third-order valence-corrected chi connectivity index (χ3v) is 5.40. The maximum atomic E-state index is 13.5. The molecular weight excluding hydrogens is 414 g/mol. The molecule has 0 aliphatic carbocycles. The first kappa shape index (κ1) is 20.7. The van der Waals surface area contributed by atoms with E-state index in [1.807, 2.05) is 54.6 Å². The van der Waals surface area contributed by atoms with Crippen molar-refractivity contribution in [3.8, 4) is 11.4 Å². The van der Waals surface area contributed by atoms with Crippen molar-refractivity contribution in [1.29, 1.82) is 0 Å². The highest BCUT2D eigenvalue weighted by molar-refractivity contribution is 6.31. The molecular formula is C25H20ClNO4. The summed E-state index contributed by atoms with van der Waals surface area (Å²) in [6, 6.07) is 21.8. The van der Waals surface area contributed by atoms with Gasteiger partial charge in [0.2, 0.25) is 0 Å². The van der Waals surface area contributed by atoms with Gasteiger partial charge in [-0.2, -0.15) is 0 Å².